The van der Waals surface area contributed by atoms with Crippen molar-refractivity contribution in [3.63, 3.8) is 0 Å². The lowest BCUT2D eigenvalue weighted by molar-refractivity contribution is -0.120. The molecule has 20 heavy (non-hydrogen) atoms. The molecule has 1 fully saturated rings. The van der Waals surface area contributed by atoms with E-state index in [9.17, 15) is 9.90 Å². The zero-order chi connectivity index (χ0) is 14.4. The fraction of sp³-hybridized carbons (Fsp3) is 0.467. The Labute approximate surface area is 118 Å². The largest absolute Gasteiger partial charge is 0.393 e. The molecule has 1 saturated carbocycles. The van der Waals surface area contributed by atoms with E-state index in [2.05, 4.69) is 10.6 Å². The first kappa shape index (κ1) is 14.4. The van der Waals surface area contributed by atoms with E-state index >= 15 is 0 Å². The number of carbonyl (C=O) groups is 1. The van der Waals surface area contributed by atoms with Crippen molar-refractivity contribution >= 4 is 11.6 Å². The van der Waals surface area contributed by atoms with Gasteiger partial charge in [0.1, 0.15) is 0 Å². The smallest absolute Gasteiger partial charge is 0.239 e. The summed E-state index contributed by atoms with van der Waals surface area (Å²) in [5.41, 5.74) is 1.42. The van der Waals surface area contributed by atoms with Crippen LogP contribution < -0.4 is 10.6 Å². The molecule has 1 aromatic carbocycles. The van der Waals surface area contributed by atoms with Crippen LogP contribution in [-0.2, 0) is 4.79 Å². The Hall–Kier alpha value is -2.06. The summed E-state index contributed by atoms with van der Waals surface area (Å²) in [7, 11) is 0. The Kier molecular flexibility index (Phi) is 4.97. The number of hydrogen-bond donors (Lipinski definition) is 3. The first-order valence-corrected chi connectivity index (χ1v) is 6.89. The van der Waals surface area contributed by atoms with Crippen LogP contribution in [0.15, 0.2) is 24.3 Å². The predicted molar refractivity (Wildman–Crippen MR) is 76.1 cm³/mol. The van der Waals surface area contributed by atoms with Crippen molar-refractivity contribution in [3.05, 3.63) is 29.8 Å². The van der Waals surface area contributed by atoms with Crippen molar-refractivity contribution in [2.24, 2.45) is 0 Å². The monoisotopic (exact) mass is 273 g/mol. The van der Waals surface area contributed by atoms with Crippen molar-refractivity contribution < 1.29 is 9.90 Å². The highest BCUT2D eigenvalue weighted by Crippen LogP contribution is 2.18. The molecule has 5 nitrogen and oxygen atoms in total. The molecule has 106 valence electrons. The molecule has 0 heterocycles. The van der Waals surface area contributed by atoms with E-state index < -0.39 is 0 Å². The molecule has 1 aliphatic rings. The maximum atomic E-state index is 11.8. The average molecular weight is 273 g/mol. The molecular formula is C15H19N3O2. The van der Waals surface area contributed by atoms with Crippen molar-refractivity contribution in [1.29, 1.82) is 5.26 Å². The highest BCUT2D eigenvalue weighted by atomic mass is 16.3. The van der Waals surface area contributed by atoms with Gasteiger partial charge in [-0.25, -0.2) is 0 Å². The van der Waals surface area contributed by atoms with Gasteiger partial charge in [-0.05, 0) is 49.9 Å². The summed E-state index contributed by atoms with van der Waals surface area (Å²) >= 11 is 0. The van der Waals surface area contributed by atoms with Crippen molar-refractivity contribution in [3.8, 4) is 6.07 Å². The minimum atomic E-state index is -0.208. The molecule has 0 unspecified atom stereocenters. The zero-order valence-corrected chi connectivity index (χ0v) is 11.3. The van der Waals surface area contributed by atoms with E-state index in [-0.39, 0.29) is 24.6 Å². The molecule has 0 atom stereocenters. The number of anilines is 1. The number of benzene rings is 1. The second-order valence-electron chi connectivity index (χ2n) is 5.12. The Morgan fingerprint density at radius 3 is 2.50 bits per heavy atom. The van der Waals surface area contributed by atoms with Gasteiger partial charge in [-0.3, -0.25) is 4.79 Å². The number of rotatable bonds is 4. The zero-order valence-electron chi connectivity index (χ0n) is 11.3. The van der Waals surface area contributed by atoms with Gasteiger partial charge < -0.3 is 15.7 Å². The highest BCUT2D eigenvalue weighted by molar-refractivity contribution is 5.81. The van der Waals surface area contributed by atoms with Crippen LogP contribution in [0.5, 0.6) is 0 Å². The Balaban J connectivity index is 1.73. The number of hydrogen-bond acceptors (Lipinski definition) is 4. The van der Waals surface area contributed by atoms with E-state index in [4.69, 9.17) is 5.26 Å². The average Bonchev–Trinajstić information content (AvgIpc) is 2.48. The maximum Gasteiger partial charge on any atom is 0.239 e. The molecule has 3 N–H and O–H groups in total. The van der Waals surface area contributed by atoms with E-state index in [0.717, 1.165) is 31.4 Å². The van der Waals surface area contributed by atoms with Crippen LogP contribution in [0.4, 0.5) is 5.69 Å². The molecule has 0 saturated heterocycles. The van der Waals surface area contributed by atoms with Gasteiger partial charge in [0.25, 0.3) is 0 Å². The molecule has 1 aromatic rings. The standard InChI is InChI=1S/C15H19N3O2/c16-9-11-1-3-12(4-2-11)17-10-15(20)18-13-5-7-14(19)8-6-13/h1-4,13-14,17,19H,5-8,10H2,(H,18,20). The molecule has 0 radical (unpaired) electrons. The van der Waals surface area contributed by atoms with Gasteiger partial charge in [0.05, 0.1) is 24.3 Å². The number of aliphatic hydroxyl groups is 1. The molecule has 0 aliphatic heterocycles. The van der Waals surface area contributed by atoms with Gasteiger partial charge in [0.15, 0.2) is 0 Å². The lowest BCUT2D eigenvalue weighted by atomic mass is 9.93. The summed E-state index contributed by atoms with van der Waals surface area (Å²) in [6, 6.07) is 9.21. The Morgan fingerprint density at radius 2 is 1.90 bits per heavy atom. The molecule has 0 aromatic heterocycles. The molecule has 2 rings (SSSR count). The molecule has 0 bridgehead atoms. The summed E-state index contributed by atoms with van der Waals surface area (Å²) in [4.78, 5) is 11.8. The molecule has 0 spiro atoms. The second kappa shape index (κ2) is 6.92. The SMILES string of the molecule is N#Cc1ccc(NCC(=O)NC2CCC(O)CC2)cc1. The lowest BCUT2D eigenvalue weighted by Gasteiger charge is -2.26. The second-order valence-corrected chi connectivity index (χ2v) is 5.12. The number of nitriles is 1. The number of nitrogens with one attached hydrogen (secondary N) is 2. The molecular weight excluding hydrogens is 254 g/mol. The van der Waals surface area contributed by atoms with Gasteiger partial charge in [-0.15, -0.1) is 0 Å². The third-order valence-electron chi connectivity index (χ3n) is 3.53. The minimum Gasteiger partial charge on any atom is -0.393 e. The van der Waals surface area contributed by atoms with Crippen LogP contribution in [0.1, 0.15) is 31.2 Å². The Morgan fingerprint density at radius 1 is 1.25 bits per heavy atom. The summed E-state index contributed by atoms with van der Waals surface area (Å²) < 4.78 is 0. The van der Waals surface area contributed by atoms with Crippen molar-refractivity contribution in [2.45, 2.75) is 37.8 Å². The maximum absolute atomic E-state index is 11.8. The highest BCUT2D eigenvalue weighted by Gasteiger charge is 2.20. The normalized spacial score (nSPS) is 21.8. The summed E-state index contributed by atoms with van der Waals surface area (Å²) in [6.45, 7) is 0.213. The van der Waals surface area contributed by atoms with Crippen molar-refractivity contribution in [2.75, 3.05) is 11.9 Å². The van der Waals surface area contributed by atoms with Gasteiger partial charge in [0, 0.05) is 11.7 Å². The van der Waals surface area contributed by atoms with Gasteiger partial charge in [-0.2, -0.15) is 5.26 Å². The molecule has 1 amide bonds. The lowest BCUT2D eigenvalue weighted by Crippen LogP contribution is -2.41. The number of nitrogens with zero attached hydrogens (tertiary/aromatic N) is 1. The van der Waals surface area contributed by atoms with Crippen LogP contribution in [0, 0.1) is 11.3 Å². The van der Waals surface area contributed by atoms with Crippen LogP contribution in [0.3, 0.4) is 0 Å². The van der Waals surface area contributed by atoms with Crippen LogP contribution >= 0.6 is 0 Å². The van der Waals surface area contributed by atoms with E-state index in [1.165, 1.54) is 0 Å². The van der Waals surface area contributed by atoms with Gasteiger partial charge in [-0.1, -0.05) is 0 Å². The number of amides is 1. The van der Waals surface area contributed by atoms with Crippen LogP contribution in [-0.4, -0.2) is 29.7 Å². The number of carbonyl (C=O) groups excluding carboxylic acids is 1. The minimum absolute atomic E-state index is 0.0456. The predicted octanol–water partition coefficient (Wildman–Crippen LogP) is 1.39. The van der Waals surface area contributed by atoms with Gasteiger partial charge in [0.2, 0.25) is 5.91 Å². The first-order valence-electron chi connectivity index (χ1n) is 6.89. The fourth-order valence-corrected chi connectivity index (χ4v) is 2.34. The topological polar surface area (TPSA) is 85.2 Å². The third kappa shape index (κ3) is 4.25. The van der Waals surface area contributed by atoms with Crippen LogP contribution in [0.25, 0.3) is 0 Å². The Bertz CT molecular complexity index is 485. The molecule has 1 aliphatic carbocycles. The van der Waals surface area contributed by atoms with E-state index in [1.54, 1.807) is 24.3 Å². The summed E-state index contributed by atoms with van der Waals surface area (Å²) in [5, 5.41) is 24.1. The van der Waals surface area contributed by atoms with Gasteiger partial charge >= 0.3 is 0 Å². The first-order chi connectivity index (χ1) is 9.67. The molecule has 5 heteroatoms. The third-order valence-corrected chi connectivity index (χ3v) is 3.53. The quantitative estimate of drug-likeness (QED) is 0.774. The summed E-state index contributed by atoms with van der Waals surface area (Å²) in [6.07, 6.45) is 2.98. The fourth-order valence-electron chi connectivity index (χ4n) is 2.34. The van der Waals surface area contributed by atoms with Crippen molar-refractivity contribution in [1.82, 2.24) is 5.32 Å². The number of aliphatic hydroxyl groups excluding tert-OH is 1. The van der Waals surface area contributed by atoms with E-state index in [1.807, 2.05) is 6.07 Å². The summed E-state index contributed by atoms with van der Waals surface area (Å²) in [5.74, 6) is -0.0456. The van der Waals surface area contributed by atoms with Crippen LogP contribution in [0.2, 0.25) is 0 Å². The van der Waals surface area contributed by atoms with E-state index in [0.29, 0.717) is 5.56 Å².